The Morgan fingerprint density at radius 3 is 2.47 bits per heavy atom. The van der Waals surface area contributed by atoms with Crippen LogP contribution in [0.1, 0.15) is 18.5 Å². The van der Waals surface area contributed by atoms with Crippen molar-refractivity contribution < 1.29 is 49.3 Å². The summed E-state index contributed by atoms with van der Waals surface area (Å²) in [5, 5.41) is 11.1. The van der Waals surface area contributed by atoms with Crippen LogP contribution in [0.2, 0.25) is 0 Å². The maximum absolute atomic E-state index is 13.5. The number of hydrogen-bond donors (Lipinski definition) is 2. The number of halogens is 6. The number of rotatable bonds is 10. The van der Waals surface area contributed by atoms with E-state index in [1.165, 1.54) is 0 Å². The van der Waals surface area contributed by atoms with Gasteiger partial charge in [0.25, 0.3) is 0 Å². The first-order valence-electron chi connectivity index (χ1n) is 9.46. The smallest absolute Gasteiger partial charge is 0.394 e. The zero-order valence-corrected chi connectivity index (χ0v) is 17.7. The molecule has 0 bridgehead atoms. The topological polar surface area (TPSA) is 101 Å². The molecule has 0 amide bonds. The van der Waals surface area contributed by atoms with Gasteiger partial charge >= 0.3 is 12.4 Å². The molecule has 0 aromatic carbocycles. The van der Waals surface area contributed by atoms with Gasteiger partial charge in [-0.3, -0.25) is 0 Å². The summed E-state index contributed by atoms with van der Waals surface area (Å²) in [7, 11) is -3.51. The van der Waals surface area contributed by atoms with Gasteiger partial charge in [-0.05, 0) is 25.0 Å². The Kier molecular flexibility index (Phi) is 8.72. The molecule has 0 saturated carbocycles. The molecule has 0 spiro atoms. The fourth-order valence-electron chi connectivity index (χ4n) is 2.92. The average Bonchev–Trinajstić information content (AvgIpc) is 3.18. The molecule has 1 aromatic rings. The number of ether oxygens (including phenoxy) is 2. The van der Waals surface area contributed by atoms with E-state index in [1.807, 2.05) is 0 Å². The van der Waals surface area contributed by atoms with Crippen LogP contribution in [0.3, 0.4) is 0 Å². The fourth-order valence-corrected chi connectivity index (χ4v) is 4.22. The third-order valence-corrected chi connectivity index (χ3v) is 6.47. The van der Waals surface area contributed by atoms with Crippen molar-refractivity contribution in [2.45, 2.75) is 42.3 Å². The lowest BCUT2D eigenvalue weighted by molar-refractivity contribution is -0.213. The van der Waals surface area contributed by atoms with Crippen LogP contribution in [0.15, 0.2) is 17.0 Å². The van der Waals surface area contributed by atoms with Gasteiger partial charge in [0.15, 0.2) is 11.8 Å². The number of aromatic nitrogens is 1. The Morgan fingerprint density at radius 1 is 1.22 bits per heavy atom. The number of pyridine rings is 1. The molecular weight excluding hydrogens is 472 g/mol. The van der Waals surface area contributed by atoms with Crippen LogP contribution in [0, 0.1) is 0 Å². The zero-order chi connectivity index (χ0) is 24.2. The largest absolute Gasteiger partial charge is 0.434 e. The number of alkyl halides is 6. The Hall–Kier alpha value is -1.68. The predicted octanol–water partition coefficient (Wildman–Crippen LogP) is 2.25. The van der Waals surface area contributed by atoms with E-state index >= 15 is 0 Å². The van der Waals surface area contributed by atoms with Gasteiger partial charge in [-0.25, -0.2) is 13.4 Å². The van der Waals surface area contributed by atoms with Crippen LogP contribution in [0.5, 0.6) is 0 Å². The predicted molar refractivity (Wildman–Crippen MR) is 99.4 cm³/mol. The van der Waals surface area contributed by atoms with E-state index in [1.54, 1.807) is 0 Å². The van der Waals surface area contributed by atoms with E-state index in [0.717, 1.165) is 19.2 Å². The van der Waals surface area contributed by atoms with Crippen molar-refractivity contribution in [1.29, 1.82) is 0 Å². The number of aliphatic hydroxyl groups is 1. The number of nitrogens with zero attached hydrogens (tertiary/aromatic N) is 2. The molecule has 2 N–H and O–H groups in total. The number of aliphatic hydroxyl groups excluding tert-OH is 1. The minimum atomic E-state index is -5.11. The van der Waals surface area contributed by atoms with Gasteiger partial charge in [-0.2, -0.15) is 30.6 Å². The third kappa shape index (κ3) is 6.91. The monoisotopic (exact) mass is 495 g/mol. The standard InChI is InChI=1S/C17H23F6N3O5S/c1-26(6-8-30-9-7-27)32(28,29)12-3-5-14(25-15(12)17(21,22)23)24-10-11-2-4-13(31-11)16(18,19)20/h3,5,11,13,27H,2,4,6-10H2,1H3,(H,24,25). The molecule has 2 heterocycles. The first-order valence-corrected chi connectivity index (χ1v) is 10.9. The van der Waals surface area contributed by atoms with Crippen molar-refractivity contribution in [1.82, 2.24) is 9.29 Å². The molecule has 2 rings (SSSR count). The van der Waals surface area contributed by atoms with Gasteiger partial charge in [0.05, 0.1) is 25.9 Å². The van der Waals surface area contributed by atoms with Crippen LogP contribution in [-0.2, 0) is 25.7 Å². The summed E-state index contributed by atoms with van der Waals surface area (Å²) in [6.45, 7) is -0.997. The molecule has 1 aromatic heterocycles. The molecule has 184 valence electrons. The SMILES string of the molecule is CN(CCOCCO)S(=O)(=O)c1ccc(NCC2CCC(C(F)(F)F)O2)nc1C(F)(F)F. The lowest BCUT2D eigenvalue weighted by atomic mass is 10.2. The second-order valence-electron chi connectivity index (χ2n) is 6.95. The summed E-state index contributed by atoms with van der Waals surface area (Å²) >= 11 is 0. The van der Waals surface area contributed by atoms with Crippen molar-refractivity contribution in [2.75, 3.05) is 45.3 Å². The van der Waals surface area contributed by atoms with Crippen molar-refractivity contribution in [2.24, 2.45) is 0 Å². The van der Waals surface area contributed by atoms with Gasteiger partial charge in [0.2, 0.25) is 10.0 Å². The van der Waals surface area contributed by atoms with Gasteiger partial charge in [0, 0.05) is 20.1 Å². The number of sulfonamides is 1. The van der Waals surface area contributed by atoms with E-state index in [9.17, 15) is 34.8 Å². The van der Waals surface area contributed by atoms with Crippen LogP contribution in [-0.4, -0.2) is 81.2 Å². The van der Waals surface area contributed by atoms with E-state index in [4.69, 9.17) is 14.6 Å². The highest BCUT2D eigenvalue weighted by Gasteiger charge is 2.45. The highest BCUT2D eigenvalue weighted by Crippen LogP contribution is 2.35. The molecule has 1 aliphatic rings. The molecule has 1 fully saturated rings. The average molecular weight is 495 g/mol. The highest BCUT2D eigenvalue weighted by atomic mass is 32.2. The lowest BCUT2D eigenvalue weighted by Crippen LogP contribution is -2.32. The maximum Gasteiger partial charge on any atom is 0.434 e. The molecular formula is C17H23F6N3O5S. The minimum Gasteiger partial charge on any atom is -0.394 e. The Bertz CT molecular complexity index is 865. The highest BCUT2D eigenvalue weighted by molar-refractivity contribution is 7.89. The molecule has 0 radical (unpaired) electrons. The zero-order valence-electron chi connectivity index (χ0n) is 16.9. The summed E-state index contributed by atoms with van der Waals surface area (Å²) in [5.41, 5.74) is -1.66. The van der Waals surface area contributed by atoms with Gasteiger partial charge in [-0.1, -0.05) is 0 Å². The first-order chi connectivity index (χ1) is 14.8. The molecule has 15 heteroatoms. The summed E-state index contributed by atoms with van der Waals surface area (Å²) in [6, 6.07) is 1.72. The summed E-state index contributed by atoms with van der Waals surface area (Å²) in [5.74, 6) is -0.357. The van der Waals surface area contributed by atoms with Gasteiger partial charge in [-0.15, -0.1) is 0 Å². The van der Waals surface area contributed by atoms with E-state index in [0.29, 0.717) is 4.31 Å². The van der Waals surface area contributed by atoms with E-state index in [2.05, 4.69) is 10.3 Å². The molecule has 1 saturated heterocycles. The van der Waals surface area contributed by atoms with Crippen LogP contribution in [0.4, 0.5) is 32.2 Å². The van der Waals surface area contributed by atoms with Crippen molar-refractivity contribution in [3.8, 4) is 0 Å². The van der Waals surface area contributed by atoms with Gasteiger partial charge in [0.1, 0.15) is 10.7 Å². The van der Waals surface area contributed by atoms with E-state index < -0.39 is 45.2 Å². The minimum absolute atomic E-state index is 0.0545. The fraction of sp³-hybridized carbons (Fsp3) is 0.706. The van der Waals surface area contributed by atoms with Crippen LogP contribution >= 0.6 is 0 Å². The molecule has 2 atom stereocenters. The third-order valence-electron chi connectivity index (χ3n) is 4.58. The van der Waals surface area contributed by atoms with Crippen molar-refractivity contribution >= 4 is 15.8 Å². The van der Waals surface area contributed by atoms with Crippen LogP contribution < -0.4 is 5.32 Å². The molecule has 2 unspecified atom stereocenters. The lowest BCUT2D eigenvalue weighted by Gasteiger charge is -2.21. The molecule has 1 aliphatic heterocycles. The maximum atomic E-state index is 13.5. The molecule has 8 nitrogen and oxygen atoms in total. The van der Waals surface area contributed by atoms with Crippen molar-refractivity contribution in [3.63, 3.8) is 0 Å². The molecule has 0 aliphatic carbocycles. The second-order valence-corrected chi connectivity index (χ2v) is 8.96. The number of anilines is 1. The number of nitrogens with one attached hydrogen (secondary N) is 1. The van der Waals surface area contributed by atoms with Crippen molar-refractivity contribution in [3.05, 3.63) is 17.8 Å². The quantitative estimate of drug-likeness (QED) is 0.379. The molecule has 32 heavy (non-hydrogen) atoms. The van der Waals surface area contributed by atoms with Crippen LogP contribution in [0.25, 0.3) is 0 Å². The Labute approximate surface area is 180 Å². The first kappa shape index (κ1) is 26.6. The number of likely N-dealkylation sites (N-methyl/N-ethyl adjacent to an activating group) is 1. The normalized spacial score (nSPS) is 20.2. The number of hydrogen-bond acceptors (Lipinski definition) is 7. The van der Waals surface area contributed by atoms with E-state index in [-0.39, 0.29) is 51.6 Å². The summed E-state index contributed by atoms with van der Waals surface area (Å²) < 4.78 is 114. The summed E-state index contributed by atoms with van der Waals surface area (Å²) in [6.07, 6.45) is -12.7. The van der Waals surface area contributed by atoms with Gasteiger partial charge < -0.3 is 19.9 Å². The summed E-state index contributed by atoms with van der Waals surface area (Å²) in [4.78, 5) is 2.27. The Morgan fingerprint density at radius 2 is 1.91 bits per heavy atom. The Balaban J connectivity index is 2.14. The second kappa shape index (κ2) is 10.5.